The smallest absolute Gasteiger partial charge is 0.231 e. The number of rotatable bonds is 3. The van der Waals surface area contributed by atoms with Gasteiger partial charge >= 0.3 is 0 Å². The Morgan fingerprint density at radius 2 is 1.73 bits per heavy atom. The van der Waals surface area contributed by atoms with Crippen LogP contribution in [-0.4, -0.2) is 42.1 Å². The molecule has 1 unspecified atom stereocenters. The van der Waals surface area contributed by atoms with Crippen LogP contribution in [0.5, 0.6) is 0 Å². The van der Waals surface area contributed by atoms with E-state index in [4.69, 9.17) is 0 Å². The Hall–Kier alpha value is -2.07. The van der Waals surface area contributed by atoms with Gasteiger partial charge in [0.05, 0.1) is 11.3 Å². The first-order valence-corrected chi connectivity index (χ1v) is 17.1. The van der Waals surface area contributed by atoms with Gasteiger partial charge in [-0.05, 0) is 85.4 Å². The van der Waals surface area contributed by atoms with E-state index in [0.717, 1.165) is 50.5 Å². The first kappa shape index (κ1) is 30.4. The number of hydrogen-bond donors (Lipinski definition) is 1. The molecule has 8 atom stereocenters. The van der Waals surface area contributed by atoms with Crippen molar-refractivity contribution in [3.63, 3.8) is 0 Å². The molecule has 0 aromatic rings. The van der Waals surface area contributed by atoms with Gasteiger partial charge in [-0.2, -0.15) is 5.26 Å². The summed E-state index contributed by atoms with van der Waals surface area (Å²) in [6, 6.07) is 2.19. The molecular weight excluding hydrogens is 530 g/mol. The topological polar surface area (TPSA) is 99.4 Å². The van der Waals surface area contributed by atoms with E-state index in [9.17, 15) is 19.6 Å². The molecule has 0 saturated heterocycles. The zero-order valence-electron chi connectivity index (χ0n) is 26.6. The minimum Gasteiger partial charge on any atom is -0.350 e. The lowest BCUT2D eigenvalue weighted by Gasteiger charge is -2.69. The summed E-state index contributed by atoms with van der Waals surface area (Å²) in [5.41, 5.74) is -0.670. The Labute approximate surface area is 249 Å². The Bertz CT molecular complexity index is 1350. The average molecular weight is 580 g/mol. The van der Waals surface area contributed by atoms with Crippen LogP contribution in [0.25, 0.3) is 0 Å². The highest BCUT2D eigenvalue weighted by atomic mass is 32.2. The van der Waals surface area contributed by atoms with Gasteiger partial charge in [-0.15, -0.1) is 0 Å². The van der Waals surface area contributed by atoms with E-state index in [1.807, 2.05) is 32.3 Å². The first-order chi connectivity index (χ1) is 18.9. The van der Waals surface area contributed by atoms with Crippen molar-refractivity contribution in [3.05, 3.63) is 23.3 Å². The normalized spacial score (nSPS) is 43.3. The van der Waals surface area contributed by atoms with Crippen molar-refractivity contribution in [2.75, 3.05) is 19.1 Å². The standard InChI is InChI=1S/C34H49N3O3S/c1-29(2)12-14-34(37-26(39)20-41(9)36-8)15-13-33(7)27(22(34)18-29)23(38)16-25-31(5)17-21(19-35)28(40)30(3,4)24(31)10-11-32(25,33)6/h16-17,22,24,27H,10-15,18,20H2,1-9H3,(H,37,39)/t22-,24-,27-,31-,32+,33+,34-,41?/m0/s1. The highest BCUT2D eigenvalue weighted by Crippen LogP contribution is 2.73. The lowest BCUT2D eigenvalue weighted by atomic mass is 9.35. The maximum Gasteiger partial charge on any atom is 0.231 e. The van der Waals surface area contributed by atoms with E-state index in [1.54, 1.807) is 7.05 Å². The molecule has 1 N–H and O–H groups in total. The van der Waals surface area contributed by atoms with Gasteiger partial charge in [0.2, 0.25) is 5.91 Å². The van der Waals surface area contributed by atoms with Gasteiger partial charge < -0.3 is 5.32 Å². The highest BCUT2D eigenvalue weighted by molar-refractivity contribution is 7.87. The summed E-state index contributed by atoms with van der Waals surface area (Å²) in [4.78, 5) is 41.2. The number of fused-ring (bicyclic) bond motifs is 7. The summed E-state index contributed by atoms with van der Waals surface area (Å²) in [6.45, 7) is 15.4. The fraction of sp³-hybridized carbons (Fsp3) is 0.765. The Kier molecular flexibility index (Phi) is 7.02. The number of nitrogens with zero attached hydrogens (tertiary/aromatic N) is 2. The molecule has 1 amide bonds. The summed E-state index contributed by atoms with van der Waals surface area (Å²) in [5, 5.41) is 13.5. The molecule has 0 bridgehead atoms. The van der Waals surface area contributed by atoms with Gasteiger partial charge in [0, 0.05) is 29.3 Å². The minimum absolute atomic E-state index is 0.0364. The monoisotopic (exact) mass is 579 g/mol. The van der Waals surface area contributed by atoms with Crippen molar-refractivity contribution in [1.82, 2.24) is 5.32 Å². The summed E-state index contributed by atoms with van der Waals surface area (Å²) >= 11 is 0. The van der Waals surface area contributed by atoms with Gasteiger partial charge in [-0.1, -0.05) is 70.8 Å². The van der Waals surface area contributed by atoms with Gasteiger partial charge in [0.25, 0.3) is 0 Å². The highest BCUT2D eigenvalue weighted by Gasteiger charge is 2.70. The Balaban J connectivity index is 1.63. The number of ketones is 2. The summed E-state index contributed by atoms with van der Waals surface area (Å²) in [7, 11) is 1.45. The van der Waals surface area contributed by atoms with E-state index in [0.29, 0.717) is 5.75 Å². The molecule has 6 nitrogen and oxygen atoms in total. The van der Waals surface area contributed by atoms with Crippen LogP contribution in [0.4, 0.5) is 0 Å². The third kappa shape index (κ3) is 4.20. The molecule has 41 heavy (non-hydrogen) atoms. The molecular formula is C34H49N3O3S. The number of carbonyl (C=O) groups is 3. The third-order valence-corrected chi connectivity index (χ3v) is 14.2. The van der Waals surface area contributed by atoms with Gasteiger partial charge in [0.1, 0.15) is 6.07 Å². The quantitative estimate of drug-likeness (QED) is 0.434. The maximum absolute atomic E-state index is 14.6. The zero-order chi connectivity index (χ0) is 30.4. The lowest BCUT2D eigenvalue weighted by Crippen LogP contribution is -2.70. The van der Waals surface area contributed by atoms with E-state index in [2.05, 4.69) is 50.4 Å². The van der Waals surface area contributed by atoms with Crippen LogP contribution >= 0.6 is 0 Å². The minimum atomic E-state index is -0.667. The molecule has 0 aromatic heterocycles. The number of allylic oxidation sites excluding steroid dienone is 4. The molecule has 0 aliphatic heterocycles. The second kappa shape index (κ2) is 9.46. The van der Waals surface area contributed by atoms with Crippen LogP contribution in [-0.2, 0) is 25.1 Å². The Morgan fingerprint density at radius 1 is 1.07 bits per heavy atom. The van der Waals surface area contributed by atoms with Crippen molar-refractivity contribution in [1.29, 1.82) is 5.26 Å². The SMILES string of the molecule is CN=S(C)CC(=O)N[C@]12CCC(C)(C)C[C@H]1[C@H]1C(=O)C=C3[C@@]4(C)C=C(C#N)C(=O)C(C)(C)[C@@H]4CC[C@@]3(C)[C@]1(C)CC2. The molecule has 3 fully saturated rings. The van der Waals surface area contributed by atoms with E-state index in [1.165, 1.54) is 0 Å². The van der Waals surface area contributed by atoms with E-state index < -0.39 is 10.8 Å². The van der Waals surface area contributed by atoms with Crippen LogP contribution in [0.1, 0.15) is 93.4 Å². The van der Waals surface area contributed by atoms with Gasteiger partial charge in [0.15, 0.2) is 11.6 Å². The predicted molar refractivity (Wildman–Crippen MR) is 164 cm³/mol. The van der Waals surface area contributed by atoms with E-state index in [-0.39, 0.29) is 73.3 Å². The molecule has 0 aromatic carbocycles. The summed E-state index contributed by atoms with van der Waals surface area (Å²) in [6.07, 6.45) is 12.2. The molecule has 5 aliphatic rings. The van der Waals surface area contributed by atoms with Crippen molar-refractivity contribution >= 4 is 28.2 Å². The van der Waals surface area contributed by atoms with Crippen molar-refractivity contribution in [2.45, 2.75) is 99.0 Å². The number of amides is 1. The fourth-order valence-corrected chi connectivity index (χ4v) is 11.0. The number of nitriles is 1. The second-order valence-electron chi connectivity index (χ2n) is 15.9. The van der Waals surface area contributed by atoms with Crippen LogP contribution in [0, 0.1) is 56.2 Å². The summed E-state index contributed by atoms with van der Waals surface area (Å²) in [5.74, 6) is 0.459. The fourth-order valence-electron chi connectivity index (χ4n) is 10.4. The summed E-state index contributed by atoms with van der Waals surface area (Å²) < 4.78 is 4.31. The second-order valence-corrected chi connectivity index (χ2v) is 17.7. The third-order valence-electron chi connectivity index (χ3n) is 12.9. The predicted octanol–water partition coefficient (Wildman–Crippen LogP) is 6.14. The molecule has 5 aliphatic carbocycles. The van der Waals surface area contributed by atoms with Gasteiger partial charge in [-0.25, -0.2) is 0 Å². The van der Waals surface area contributed by atoms with E-state index >= 15 is 0 Å². The molecule has 3 saturated carbocycles. The van der Waals surface area contributed by atoms with Crippen LogP contribution < -0.4 is 5.32 Å². The average Bonchev–Trinajstić information content (AvgIpc) is 2.88. The number of Topliss-reactive ketones (excluding diaryl/α,β-unsaturated/α-hetero) is 1. The Morgan fingerprint density at radius 3 is 2.37 bits per heavy atom. The lowest BCUT2D eigenvalue weighted by molar-refractivity contribution is -0.163. The molecule has 0 heterocycles. The number of carbonyl (C=O) groups excluding carboxylic acids is 3. The van der Waals surface area contributed by atoms with Crippen LogP contribution in [0.3, 0.4) is 0 Å². The number of nitrogens with one attached hydrogen (secondary N) is 1. The van der Waals surface area contributed by atoms with Crippen LogP contribution in [0.15, 0.2) is 27.7 Å². The maximum atomic E-state index is 14.6. The molecule has 0 spiro atoms. The molecule has 5 rings (SSSR count). The first-order valence-electron chi connectivity index (χ1n) is 15.4. The zero-order valence-corrected chi connectivity index (χ0v) is 27.4. The van der Waals surface area contributed by atoms with Crippen molar-refractivity contribution < 1.29 is 14.4 Å². The van der Waals surface area contributed by atoms with Crippen molar-refractivity contribution in [3.8, 4) is 6.07 Å². The molecule has 224 valence electrons. The molecule has 0 radical (unpaired) electrons. The van der Waals surface area contributed by atoms with Crippen molar-refractivity contribution in [2.24, 2.45) is 49.2 Å². The van der Waals surface area contributed by atoms with Gasteiger partial charge in [-0.3, -0.25) is 18.7 Å². The van der Waals surface area contributed by atoms with Crippen LogP contribution in [0.2, 0.25) is 0 Å². The number of hydrogen-bond acceptors (Lipinski definition) is 5. The largest absolute Gasteiger partial charge is 0.350 e. The molecule has 7 heteroatoms.